The largest absolute Gasteiger partial charge is 0.455 e. The van der Waals surface area contributed by atoms with Crippen LogP contribution in [0.5, 0.6) is 0 Å². The van der Waals surface area contributed by atoms with Crippen LogP contribution < -0.4 is 5.32 Å². The fourth-order valence-electron chi connectivity index (χ4n) is 8.67. The van der Waals surface area contributed by atoms with Crippen molar-refractivity contribution >= 4 is 39.6 Å². The maximum atomic E-state index is 15.0. The molecular formula is C39H56BrN3O7. The molecule has 3 saturated heterocycles. The number of nitrogens with one attached hydrogen (secondary N) is 1. The highest BCUT2D eigenvalue weighted by atomic mass is 79.9. The summed E-state index contributed by atoms with van der Waals surface area (Å²) in [6.07, 6.45) is 3.93. The fraction of sp³-hybridized carbons (Fsp3) is 0.641. The zero-order valence-electron chi connectivity index (χ0n) is 30.7. The highest BCUT2D eigenvalue weighted by molar-refractivity contribution is 9.09. The Labute approximate surface area is 306 Å². The maximum Gasteiger partial charge on any atom is 0.313 e. The van der Waals surface area contributed by atoms with Gasteiger partial charge in [0.05, 0.1) is 36.6 Å². The van der Waals surface area contributed by atoms with Crippen LogP contribution in [0, 0.1) is 17.3 Å². The molecule has 2 N–H and O–H groups in total. The van der Waals surface area contributed by atoms with E-state index in [1.165, 1.54) is 4.90 Å². The number of ether oxygens (including phenoxy) is 2. The molecule has 9 atom stereocenters. The Morgan fingerprint density at radius 2 is 1.84 bits per heavy atom. The van der Waals surface area contributed by atoms with E-state index in [-0.39, 0.29) is 41.6 Å². The van der Waals surface area contributed by atoms with Crippen LogP contribution in [0.25, 0.3) is 0 Å². The molecule has 1 aromatic rings. The van der Waals surface area contributed by atoms with Crippen LogP contribution in [0.3, 0.4) is 0 Å². The molecular weight excluding hydrogens is 702 g/mol. The van der Waals surface area contributed by atoms with Crippen LogP contribution >= 0.6 is 15.9 Å². The van der Waals surface area contributed by atoms with Crippen LogP contribution in [-0.2, 0) is 28.7 Å². The summed E-state index contributed by atoms with van der Waals surface area (Å²) in [5, 5.41) is 13.5. The van der Waals surface area contributed by atoms with E-state index in [0.717, 1.165) is 0 Å². The zero-order chi connectivity index (χ0) is 37.2. The lowest BCUT2D eigenvalue weighted by molar-refractivity contribution is -0.163. The van der Waals surface area contributed by atoms with E-state index < -0.39 is 65.2 Å². The van der Waals surface area contributed by atoms with Gasteiger partial charge in [-0.25, -0.2) is 0 Å². The first-order valence-corrected chi connectivity index (χ1v) is 18.7. The second kappa shape index (κ2) is 15.7. The number of carbonyl (C=O) groups is 4. The molecule has 0 saturated carbocycles. The van der Waals surface area contributed by atoms with E-state index in [1.807, 2.05) is 51.1 Å². The number of hydrogen-bond donors (Lipinski definition) is 2. The molecule has 4 rings (SSSR count). The smallest absolute Gasteiger partial charge is 0.313 e. The first kappa shape index (κ1) is 39.8. The lowest BCUT2D eigenvalue weighted by atomic mass is 9.70. The van der Waals surface area contributed by atoms with Crippen LogP contribution in [0.2, 0.25) is 0 Å². The van der Waals surface area contributed by atoms with Crippen LogP contribution in [0.4, 0.5) is 0 Å². The maximum absolute atomic E-state index is 15.0. The number of esters is 1. The Hall–Kier alpha value is -3.02. The van der Waals surface area contributed by atoms with E-state index >= 15 is 4.79 Å². The average molecular weight is 759 g/mol. The molecule has 10 nitrogen and oxygen atoms in total. The van der Waals surface area contributed by atoms with Gasteiger partial charge in [0.1, 0.15) is 17.7 Å². The molecule has 11 heteroatoms. The van der Waals surface area contributed by atoms with Crippen LogP contribution in [-0.4, -0.2) is 91.9 Å². The van der Waals surface area contributed by atoms with Gasteiger partial charge in [0.15, 0.2) is 0 Å². The summed E-state index contributed by atoms with van der Waals surface area (Å²) in [5.41, 5.74) is -1.37. The van der Waals surface area contributed by atoms with E-state index in [9.17, 15) is 19.5 Å². The summed E-state index contributed by atoms with van der Waals surface area (Å²) in [7, 11) is 0. The van der Waals surface area contributed by atoms with Gasteiger partial charge in [-0.1, -0.05) is 86.1 Å². The number of amides is 3. The van der Waals surface area contributed by atoms with E-state index in [4.69, 9.17) is 9.47 Å². The number of hydrogen-bond acceptors (Lipinski definition) is 7. The molecule has 1 spiro atoms. The molecule has 3 fully saturated rings. The molecule has 276 valence electrons. The predicted octanol–water partition coefficient (Wildman–Crippen LogP) is 5.49. The fourth-order valence-corrected chi connectivity index (χ4v) is 9.61. The Morgan fingerprint density at radius 1 is 1.18 bits per heavy atom. The normalized spacial score (nSPS) is 27.7. The summed E-state index contributed by atoms with van der Waals surface area (Å²) >= 11 is 3.75. The van der Waals surface area contributed by atoms with Gasteiger partial charge in [-0.2, -0.15) is 0 Å². The third-order valence-electron chi connectivity index (χ3n) is 10.4. The van der Waals surface area contributed by atoms with Crippen molar-refractivity contribution in [2.24, 2.45) is 17.3 Å². The minimum Gasteiger partial charge on any atom is -0.455 e. The molecule has 50 heavy (non-hydrogen) atoms. The summed E-state index contributed by atoms with van der Waals surface area (Å²) < 4.78 is 13.0. The highest BCUT2D eigenvalue weighted by Crippen LogP contribution is 2.61. The molecule has 0 aliphatic carbocycles. The molecule has 2 bridgehead atoms. The number of aliphatic hydroxyl groups is 1. The Kier molecular flexibility index (Phi) is 12.5. The first-order valence-electron chi connectivity index (χ1n) is 17.8. The van der Waals surface area contributed by atoms with Gasteiger partial charge in [0.25, 0.3) is 0 Å². The molecule has 3 heterocycles. The number of nitrogens with zero attached hydrogens (tertiary/aromatic N) is 2. The molecule has 1 unspecified atom stereocenters. The number of benzene rings is 1. The average Bonchev–Trinajstić information content (AvgIpc) is 3.64. The third kappa shape index (κ3) is 7.75. The van der Waals surface area contributed by atoms with Gasteiger partial charge in [-0.3, -0.25) is 19.2 Å². The zero-order valence-corrected chi connectivity index (χ0v) is 32.3. The van der Waals surface area contributed by atoms with E-state index in [1.54, 1.807) is 24.0 Å². The summed E-state index contributed by atoms with van der Waals surface area (Å²) in [4.78, 5) is 59.9. The number of likely N-dealkylation sites (tertiary alicyclic amines) is 1. The van der Waals surface area contributed by atoms with E-state index in [2.05, 4.69) is 55.2 Å². The van der Waals surface area contributed by atoms with Crippen LogP contribution in [0.15, 0.2) is 55.6 Å². The number of halogens is 1. The lowest BCUT2D eigenvalue weighted by Crippen LogP contribution is -2.62. The monoisotopic (exact) mass is 757 g/mol. The third-order valence-corrected chi connectivity index (χ3v) is 11.2. The van der Waals surface area contributed by atoms with Crippen molar-refractivity contribution in [1.29, 1.82) is 0 Å². The number of allylic oxidation sites excluding steroid dienone is 1. The minimum absolute atomic E-state index is 0.109. The van der Waals surface area contributed by atoms with Crippen molar-refractivity contribution < 1.29 is 33.8 Å². The van der Waals surface area contributed by atoms with Gasteiger partial charge in [0, 0.05) is 23.3 Å². The minimum atomic E-state index is -1.33. The van der Waals surface area contributed by atoms with Crippen molar-refractivity contribution in [1.82, 2.24) is 15.1 Å². The van der Waals surface area contributed by atoms with Crippen molar-refractivity contribution in [2.75, 3.05) is 13.2 Å². The van der Waals surface area contributed by atoms with Gasteiger partial charge < -0.3 is 29.7 Å². The van der Waals surface area contributed by atoms with E-state index in [0.29, 0.717) is 31.2 Å². The quantitative estimate of drug-likeness (QED) is 0.130. The number of carbonyl (C=O) groups excluding carboxylic acids is 4. The van der Waals surface area contributed by atoms with Crippen molar-refractivity contribution in [2.45, 2.75) is 127 Å². The van der Waals surface area contributed by atoms with Crippen LogP contribution in [0.1, 0.15) is 92.2 Å². The highest BCUT2D eigenvalue weighted by Gasteiger charge is 2.77. The molecule has 3 aliphatic rings. The van der Waals surface area contributed by atoms with Crippen molar-refractivity contribution in [3.63, 3.8) is 0 Å². The first-order chi connectivity index (χ1) is 23.5. The second-order valence-electron chi connectivity index (χ2n) is 15.9. The number of alkyl halides is 1. The number of aliphatic hydroxyl groups excluding tert-OH is 1. The Balaban J connectivity index is 1.76. The predicted molar refractivity (Wildman–Crippen MR) is 196 cm³/mol. The number of rotatable bonds is 16. The van der Waals surface area contributed by atoms with Gasteiger partial charge in [-0.15, -0.1) is 13.2 Å². The van der Waals surface area contributed by atoms with Gasteiger partial charge in [-0.05, 0) is 57.4 Å². The van der Waals surface area contributed by atoms with Gasteiger partial charge in [0.2, 0.25) is 17.7 Å². The molecule has 0 radical (unpaired) electrons. The molecule has 1 aromatic carbocycles. The molecule has 0 aromatic heterocycles. The van der Waals surface area contributed by atoms with Crippen molar-refractivity contribution in [3.05, 3.63) is 61.2 Å². The molecule has 3 aliphatic heterocycles. The SMILES string of the molecule is C=CCCC(=O)N[C@@H](C)[C@H](OC(=O)[C@H]1[C@@H]2O[C@@]3(CC2Br)[C@@H]1C(=O)N([C@@H](CC)CO)[C@@H]3C(=O)N(CC=C)C(C)(C)CC(C)(C)C)c1ccccc1. The summed E-state index contributed by atoms with van der Waals surface area (Å²) in [5.74, 6) is -3.57. The summed E-state index contributed by atoms with van der Waals surface area (Å²) in [6, 6.07) is 6.84. The summed E-state index contributed by atoms with van der Waals surface area (Å²) in [6.45, 7) is 21.5. The van der Waals surface area contributed by atoms with Gasteiger partial charge >= 0.3 is 5.97 Å². The Bertz CT molecular complexity index is 1420. The van der Waals surface area contributed by atoms with Crippen molar-refractivity contribution in [3.8, 4) is 0 Å². The molecule has 3 amide bonds. The Morgan fingerprint density at radius 3 is 2.40 bits per heavy atom. The number of fused-ring (bicyclic) bond motifs is 1. The standard InChI is InChI=1S/C39H56BrN3O7/c1-10-13-19-28(45)41-24(4)31(25-17-15-14-16-18-25)49-36(48)29-30-34(46)43(26(12-3)22-44)33(39(30)21-27(40)32(29)50-39)35(47)42(20-11-2)38(8,9)23-37(5,6)7/h10-11,14-18,24,26-27,29-33,44H,1-2,12-13,19-23H2,3-9H3,(H,41,45)/t24-,26-,27?,29+,30-,31-,32+,33+,39-/m0/s1. The lowest BCUT2D eigenvalue weighted by Gasteiger charge is -2.46. The second-order valence-corrected chi connectivity index (χ2v) is 17.1. The topological polar surface area (TPSA) is 125 Å².